The Morgan fingerprint density at radius 2 is 1.55 bits per heavy atom. The van der Waals surface area contributed by atoms with Crippen LogP contribution in [0.5, 0.6) is 0 Å². The molecule has 0 unspecified atom stereocenters. The number of rotatable bonds is 4. The van der Waals surface area contributed by atoms with Crippen LogP contribution in [0.15, 0.2) is 29.2 Å². The van der Waals surface area contributed by atoms with E-state index in [0.717, 1.165) is 5.92 Å². The Morgan fingerprint density at radius 1 is 1.05 bits per heavy atom. The highest BCUT2D eigenvalue weighted by Crippen LogP contribution is 2.29. The Kier molecular flexibility index (Phi) is 13.3. The molecule has 118 valence electrons. The van der Waals surface area contributed by atoms with Crippen LogP contribution >= 0.6 is 11.9 Å². The van der Waals surface area contributed by atoms with E-state index >= 15 is 0 Å². The average molecular weight is 301 g/mol. The second-order valence-electron chi connectivity index (χ2n) is 4.87. The van der Waals surface area contributed by atoms with E-state index in [4.69, 9.17) is 0 Å². The van der Waals surface area contributed by atoms with Gasteiger partial charge in [0.15, 0.2) is 0 Å². The summed E-state index contributed by atoms with van der Waals surface area (Å²) in [6.45, 7) is 7.37. The normalized spacial score (nSPS) is 14.1. The van der Waals surface area contributed by atoms with Gasteiger partial charge in [0.25, 0.3) is 0 Å². The van der Waals surface area contributed by atoms with E-state index in [-0.39, 0.29) is 11.0 Å². The summed E-state index contributed by atoms with van der Waals surface area (Å²) in [5.41, 5.74) is 1.34. The first-order valence-electron chi connectivity index (χ1n) is 7.20. The fourth-order valence-corrected chi connectivity index (χ4v) is 3.28. The molecule has 4 N–H and O–H groups in total. The van der Waals surface area contributed by atoms with Gasteiger partial charge in [-0.2, -0.15) is 0 Å². The van der Waals surface area contributed by atoms with Gasteiger partial charge in [-0.3, -0.25) is 0 Å². The number of nitrogens with zero attached hydrogens (tertiary/aromatic N) is 1. The molecule has 1 saturated carbocycles. The maximum atomic E-state index is 2.39. The molecule has 1 aromatic rings. The lowest BCUT2D eigenvalue weighted by Crippen LogP contribution is -2.17. The maximum Gasteiger partial charge on any atom is 0.0230 e. The molecule has 0 amide bonds. The molecule has 0 heterocycles. The van der Waals surface area contributed by atoms with Crippen LogP contribution in [0.3, 0.4) is 0 Å². The minimum Gasteiger partial charge on any atom is -0.412 e. The van der Waals surface area contributed by atoms with Crippen LogP contribution in [0, 0.1) is 12.8 Å². The zero-order chi connectivity index (χ0) is 13.4. The summed E-state index contributed by atoms with van der Waals surface area (Å²) in [4.78, 5) is 1.35. The Morgan fingerprint density at radius 3 is 2.05 bits per heavy atom. The fraction of sp³-hybridized carbons (Fsp3) is 0.625. The first kappa shape index (κ1) is 21.7. The molecule has 4 heteroatoms. The molecular weight excluding hydrogens is 270 g/mol. The van der Waals surface area contributed by atoms with Gasteiger partial charge >= 0.3 is 0 Å². The number of hydrogen-bond acceptors (Lipinski definition) is 2. The van der Waals surface area contributed by atoms with Gasteiger partial charge in [-0.1, -0.05) is 44.4 Å². The molecule has 0 bridgehead atoms. The van der Waals surface area contributed by atoms with Crippen LogP contribution in [-0.4, -0.2) is 28.9 Å². The van der Waals surface area contributed by atoms with Gasteiger partial charge in [-0.05, 0) is 56.8 Å². The van der Waals surface area contributed by atoms with Gasteiger partial charge in [0.2, 0.25) is 0 Å². The van der Waals surface area contributed by atoms with Crippen molar-refractivity contribution in [2.24, 2.45) is 5.92 Å². The smallest absolute Gasteiger partial charge is 0.0230 e. The summed E-state index contributed by atoms with van der Waals surface area (Å²) in [5.74, 6) is 0.933. The lowest BCUT2D eigenvalue weighted by Gasteiger charge is -2.19. The van der Waals surface area contributed by atoms with Crippen molar-refractivity contribution in [1.82, 2.24) is 4.31 Å². The van der Waals surface area contributed by atoms with E-state index in [9.17, 15) is 0 Å². The molecule has 0 saturated heterocycles. The first-order chi connectivity index (χ1) is 8.74. The largest absolute Gasteiger partial charge is 0.412 e. The predicted molar refractivity (Wildman–Crippen MR) is 90.2 cm³/mol. The van der Waals surface area contributed by atoms with Crippen LogP contribution in [0.1, 0.15) is 45.1 Å². The lowest BCUT2D eigenvalue weighted by atomic mass is 10.1. The van der Waals surface area contributed by atoms with Crippen molar-refractivity contribution in [2.75, 3.05) is 13.6 Å². The standard InChI is InChI=1S/C14H21NS.C2H6.2H2O/c1-12-7-9-14(10-8-12)16-15(2)11-13-5-3-4-6-13;1-2;;/h7-10,13H,3-6,11H2,1-2H3;1-2H3;2*1H2. The minimum atomic E-state index is 0. The van der Waals surface area contributed by atoms with Crippen molar-refractivity contribution in [3.05, 3.63) is 29.8 Å². The Bertz CT molecular complexity index is 324. The van der Waals surface area contributed by atoms with Gasteiger partial charge in [0.05, 0.1) is 0 Å². The van der Waals surface area contributed by atoms with Crippen molar-refractivity contribution >= 4 is 11.9 Å². The van der Waals surface area contributed by atoms with Crippen LogP contribution in [-0.2, 0) is 0 Å². The summed E-state index contributed by atoms with van der Waals surface area (Å²) >= 11 is 1.87. The van der Waals surface area contributed by atoms with Gasteiger partial charge in [-0.25, -0.2) is 4.31 Å². The molecular formula is C16H31NO2S. The SMILES string of the molecule is CC.Cc1ccc(SN(C)CC2CCCC2)cc1.O.O. The van der Waals surface area contributed by atoms with Crippen molar-refractivity contribution in [2.45, 2.75) is 51.3 Å². The molecule has 0 aliphatic heterocycles. The van der Waals surface area contributed by atoms with Crippen molar-refractivity contribution in [3.63, 3.8) is 0 Å². The maximum absolute atomic E-state index is 2.39. The Balaban J connectivity index is 0. The molecule has 20 heavy (non-hydrogen) atoms. The topological polar surface area (TPSA) is 66.2 Å². The first-order valence-corrected chi connectivity index (χ1v) is 7.97. The van der Waals surface area contributed by atoms with Crippen molar-refractivity contribution in [1.29, 1.82) is 0 Å². The van der Waals surface area contributed by atoms with E-state index in [0.29, 0.717) is 0 Å². The Labute approximate surface area is 128 Å². The Hall–Kier alpha value is -0.550. The summed E-state index contributed by atoms with van der Waals surface area (Å²) < 4.78 is 2.39. The zero-order valence-corrected chi connectivity index (χ0v) is 14.1. The average Bonchev–Trinajstić information content (AvgIpc) is 2.87. The summed E-state index contributed by atoms with van der Waals surface area (Å²) in [5, 5.41) is 0. The van der Waals surface area contributed by atoms with Crippen LogP contribution < -0.4 is 0 Å². The van der Waals surface area contributed by atoms with Crippen LogP contribution in [0.4, 0.5) is 0 Å². The highest BCUT2D eigenvalue weighted by Gasteiger charge is 2.17. The molecule has 1 aliphatic carbocycles. The third kappa shape index (κ3) is 7.90. The molecule has 0 spiro atoms. The third-order valence-corrected chi connectivity index (χ3v) is 4.22. The highest BCUT2D eigenvalue weighted by atomic mass is 32.2. The third-order valence-electron chi connectivity index (χ3n) is 3.27. The monoisotopic (exact) mass is 301 g/mol. The van der Waals surface area contributed by atoms with E-state index in [1.54, 1.807) is 0 Å². The van der Waals surface area contributed by atoms with E-state index in [1.165, 1.54) is 42.7 Å². The number of aryl methyl sites for hydroxylation is 1. The summed E-state index contributed by atoms with van der Waals surface area (Å²) in [6, 6.07) is 8.80. The molecule has 0 aromatic heterocycles. The quantitative estimate of drug-likeness (QED) is 0.799. The van der Waals surface area contributed by atoms with E-state index in [1.807, 2.05) is 25.8 Å². The van der Waals surface area contributed by atoms with Gasteiger partial charge in [0, 0.05) is 11.4 Å². The minimum absolute atomic E-state index is 0. The van der Waals surface area contributed by atoms with Crippen LogP contribution in [0.25, 0.3) is 0 Å². The molecule has 3 nitrogen and oxygen atoms in total. The van der Waals surface area contributed by atoms with E-state index in [2.05, 4.69) is 42.5 Å². The predicted octanol–water partition coefficient (Wildman–Crippen LogP) is 3.50. The summed E-state index contributed by atoms with van der Waals surface area (Å²) in [6.07, 6.45) is 5.74. The molecule has 1 fully saturated rings. The number of benzene rings is 1. The van der Waals surface area contributed by atoms with Gasteiger partial charge in [0.1, 0.15) is 0 Å². The van der Waals surface area contributed by atoms with Gasteiger partial charge in [-0.15, -0.1) is 0 Å². The second kappa shape index (κ2) is 12.2. The molecule has 0 radical (unpaired) electrons. The molecule has 1 aliphatic rings. The fourth-order valence-electron chi connectivity index (χ4n) is 2.37. The van der Waals surface area contributed by atoms with Crippen LogP contribution in [0.2, 0.25) is 0 Å². The van der Waals surface area contributed by atoms with E-state index < -0.39 is 0 Å². The second-order valence-corrected chi connectivity index (χ2v) is 6.14. The lowest BCUT2D eigenvalue weighted by molar-refractivity contribution is 0.421. The summed E-state index contributed by atoms with van der Waals surface area (Å²) in [7, 11) is 2.21. The van der Waals surface area contributed by atoms with Crippen molar-refractivity contribution < 1.29 is 11.0 Å². The zero-order valence-electron chi connectivity index (χ0n) is 13.3. The number of hydrogen-bond donors (Lipinski definition) is 0. The molecule has 1 aromatic carbocycles. The van der Waals surface area contributed by atoms with Crippen molar-refractivity contribution in [3.8, 4) is 0 Å². The molecule has 0 atom stereocenters. The highest BCUT2D eigenvalue weighted by molar-refractivity contribution is 7.97. The van der Waals surface area contributed by atoms with Gasteiger partial charge < -0.3 is 11.0 Å². The molecule has 2 rings (SSSR count).